The second-order valence-corrected chi connectivity index (χ2v) is 2.56. The van der Waals surface area contributed by atoms with E-state index < -0.39 is 12.6 Å². The van der Waals surface area contributed by atoms with Gasteiger partial charge in [0.25, 0.3) is 0 Å². The van der Waals surface area contributed by atoms with Crippen LogP contribution >= 0.6 is 0 Å². The summed E-state index contributed by atoms with van der Waals surface area (Å²) >= 11 is 0. The molecule has 0 saturated heterocycles. The van der Waals surface area contributed by atoms with E-state index in [4.69, 9.17) is 10.2 Å². The zero-order chi connectivity index (χ0) is 9.84. The van der Waals surface area contributed by atoms with Gasteiger partial charge in [0.15, 0.2) is 0 Å². The van der Waals surface area contributed by atoms with E-state index in [1.807, 2.05) is 0 Å². The van der Waals surface area contributed by atoms with E-state index in [0.29, 0.717) is 0 Å². The van der Waals surface area contributed by atoms with Crippen LogP contribution in [0.15, 0.2) is 18.2 Å². The van der Waals surface area contributed by atoms with Gasteiger partial charge in [0.05, 0.1) is 12.2 Å². The third kappa shape index (κ3) is 1.85. The van der Waals surface area contributed by atoms with Crippen LogP contribution in [0.25, 0.3) is 0 Å². The molecule has 0 aliphatic carbocycles. The van der Waals surface area contributed by atoms with Gasteiger partial charge < -0.3 is 10.2 Å². The molecule has 0 aliphatic rings. The first-order valence-electron chi connectivity index (χ1n) is 3.73. The minimum atomic E-state index is -1.17. The van der Waals surface area contributed by atoms with Gasteiger partial charge in [-0.25, -0.2) is 9.90 Å². The molecule has 4 nitrogen and oxygen atoms in total. The first kappa shape index (κ1) is 9.70. The zero-order valence-corrected chi connectivity index (χ0v) is 6.86. The summed E-state index contributed by atoms with van der Waals surface area (Å²) in [4.78, 5) is 10.7. The van der Waals surface area contributed by atoms with Crippen molar-refractivity contribution < 1.29 is 20.1 Å². The van der Waals surface area contributed by atoms with Crippen molar-refractivity contribution in [3.8, 4) is 0 Å². The fourth-order valence-electron chi connectivity index (χ4n) is 1.18. The smallest absolute Gasteiger partial charge is 0.336 e. The summed E-state index contributed by atoms with van der Waals surface area (Å²) < 4.78 is 0. The van der Waals surface area contributed by atoms with Gasteiger partial charge in [0.1, 0.15) is 6.61 Å². The third-order valence-corrected chi connectivity index (χ3v) is 1.78. The van der Waals surface area contributed by atoms with Crippen molar-refractivity contribution in [2.45, 2.75) is 13.2 Å². The van der Waals surface area contributed by atoms with Gasteiger partial charge in [-0.15, -0.1) is 0 Å². The first-order chi connectivity index (χ1) is 6.20. The number of aliphatic hydroxyl groups excluding tert-OH is 1. The van der Waals surface area contributed by atoms with Gasteiger partial charge in [0, 0.05) is 0 Å². The second-order valence-electron chi connectivity index (χ2n) is 2.56. The lowest BCUT2D eigenvalue weighted by Gasteiger charge is -2.06. The quantitative estimate of drug-likeness (QED) is 0.724. The second kappa shape index (κ2) is 4.02. The molecule has 13 heavy (non-hydrogen) atoms. The van der Waals surface area contributed by atoms with Crippen molar-refractivity contribution in [3.05, 3.63) is 34.9 Å². The number of benzene rings is 1. The third-order valence-electron chi connectivity index (χ3n) is 1.78. The Morgan fingerprint density at radius 1 is 1.31 bits per heavy atom. The molecule has 0 saturated carbocycles. The van der Waals surface area contributed by atoms with E-state index in [0.717, 1.165) is 0 Å². The largest absolute Gasteiger partial charge is 0.478 e. The van der Waals surface area contributed by atoms with Crippen LogP contribution in [0.4, 0.5) is 0 Å². The Balaban J connectivity index is 3.29. The van der Waals surface area contributed by atoms with Gasteiger partial charge in [-0.2, -0.15) is 0 Å². The molecule has 69 valence electrons. The summed E-state index contributed by atoms with van der Waals surface area (Å²) in [6.07, 6.45) is 0. The molecule has 1 aromatic rings. The topological polar surface area (TPSA) is 77.4 Å². The van der Waals surface area contributed by atoms with E-state index in [1.54, 1.807) is 6.07 Å². The van der Waals surface area contributed by atoms with Crippen molar-refractivity contribution in [2.24, 2.45) is 0 Å². The molecule has 0 bridgehead atoms. The van der Waals surface area contributed by atoms with Crippen LogP contribution in [0.3, 0.4) is 0 Å². The number of hydrogen-bond donors (Lipinski definition) is 2. The SMILES string of the molecule is [O]Cc1cccc(CO)c1C(=O)O. The fraction of sp³-hybridized carbons (Fsp3) is 0.222. The molecule has 0 heterocycles. The van der Waals surface area contributed by atoms with Crippen LogP contribution in [-0.2, 0) is 18.3 Å². The molecule has 0 atom stereocenters. The highest BCUT2D eigenvalue weighted by molar-refractivity contribution is 5.91. The lowest BCUT2D eigenvalue weighted by Crippen LogP contribution is -2.06. The van der Waals surface area contributed by atoms with Crippen molar-refractivity contribution in [1.29, 1.82) is 0 Å². The number of carbonyl (C=O) groups is 1. The summed E-state index contributed by atoms with van der Waals surface area (Å²) in [6.45, 7) is -0.953. The fourth-order valence-corrected chi connectivity index (χ4v) is 1.18. The van der Waals surface area contributed by atoms with Crippen LogP contribution in [-0.4, -0.2) is 16.2 Å². The Morgan fingerprint density at radius 2 is 1.92 bits per heavy atom. The summed E-state index contributed by atoms with van der Waals surface area (Å²) in [5.74, 6) is -1.17. The zero-order valence-electron chi connectivity index (χ0n) is 6.86. The number of carboxylic acids is 1. The first-order valence-corrected chi connectivity index (χ1v) is 3.73. The summed E-state index contributed by atoms with van der Waals surface area (Å²) in [5, 5.41) is 28.2. The van der Waals surface area contributed by atoms with Crippen LogP contribution < -0.4 is 0 Å². The van der Waals surface area contributed by atoms with Crippen molar-refractivity contribution in [1.82, 2.24) is 0 Å². The molecule has 0 spiro atoms. The van der Waals surface area contributed by atoms with Crippen molar-refractivity contribution >= 4 is 5.97 Å². The van der Waals surface area contributed by atoms with Crippen molar-refractivity contribution in [3.63, 3.8) is 0 Å². The minimum absolute atomic E-state index is 0.0694. The number of hydrogen-bond acceptors (Lipinski definition) is 2. The van der Waals surface area contributed by atoms with E-state index in [9.17, 15) is 9.90 Å². The minimum Gasteiger partial charge on any atom is -0.478 e. The molecule has 1 radical (unpaired) electrons. The number of rotatable bonds is 3. The monoisotopic (exact) mass is 181 g/mol. The van der Waals surface area contributed by atoms with Gasteiger partial charge in [-0.1, -0.05) is 18.2 Å². The van der Waals surface area contributed by atoms with E-state index in [-0.39, 0.29) is 23.3 Å². The average Bonchev–Trinajstić information content (AvgIpc) is 2.16. The van der Waals surface area contributed by atoms with Crippen LogP contribution in [0, 0.1) is 0 Å². The predicted molar refractivity (Wildman–Crippen MR) is 43.7 cm³/mol. The highest BCUT2D eigenvalue weighted by Gasteiger charge is 2.13. The van der Waals surface area contributed by atoms with E-state index in [2.05, 4.69) is 0 Å². The Kier molecular flexibility index (Phi) is 3.00. The van der Waals surface area contributed by atoms with E-state index >= 15 is 0 Å². The van der Waals surface area contributed by atoms with Gasteiger partial charge in [-0.3, -0.25) is 0 Å². The highest BCUT2D eigenvalue weighted by Crippen LogP contribution is 2.15. The maximum atomic E-state index is 10.7. The lowest BCUT2D eigenvalue weighted by molar-refractivity contribution is 0.0686. The van der Waals surface area contributed by atoms with Crippen LogP contribution in [0.2, 0.25) is 0 Å². The molecule has 0 amide bonds. The van der Waals surface area contributed by atoms with Crippen molar-refractivity contribution in [2.75, 3.05) is 0 Å². The molecule has 4 heteroatoms. The molecule has 0 unspecified atom stereocenters. The summed E-state index contributed by atoms with van der Waals surface area (Å²) in [5.41, 5.74) is 0.417. The standard InChI is InChI=1S/C9H9O4/c10-4-6-2-1-3-7(5-11)8(6)9(12)13/h1-3,10H,4-5H2,(H,12,13). The highest BCUT2D eigenvalue weighted by atomic mass is 16.4. The molecule has 0 fully saturated rings. The average molecular weight is 181 g/mol. The normalized spacial score (nSPS) is 10.0. The van der Waals surface area contributed by atoms with Crippen LogP contribution in [0.1, 0.15) is 21.5 Å². The predicted octanol–water partition coefficient (Wildman–Crippen LogP) is 0.808. The lowest BCUT2D eigenvalue weighted by atomic mass is 10.0. The Labute approximate surface area is 75.1 Å². The van der Waals surface area contributed by atoms with Crippen LogP contribution in [0.5, 0.6) is 0 Å². The molecule has 1 rings (SSSR count). The maximum absolute atomic E-state index is 10.7. The van der Waals surface area contributed by atoms with E-state index in [1.165, 1.54) is 12.1 Å². The Morgan fingerprint density at radius 3 is 2.38 bits per heavy atom. The van der Waals surface area contributed by atoms with Gasteiger partial charge >= 0.3 is 5.97 Å². The Bertz CT molecular complexity index is 297. The molecule has 2 N–H and O–H groups in total. The number of aromatic carboxylic acids is 1. The summed E-state index contributed by atoms with van der Waals surface area (Å²) in [6, 6.07) is 4.50. The molecule has 1 aromatic carbocycles. The molecule has 0 aliphatic heterocycles. The molecular formula is C9H9O4. The Hall–Kier alpha value is -1.39. The molecule has 0 aromatic heterocycles. The molecular weight excluding hydrogens is 172 g/mol. The number of aliphatic hydroxyl groups is 1. The number of carboxylic acid groups (broad SMARTS) is 1. The van der Waals surface area contributed by atoms with Gasteiger partial charge in [0.2, 0.25) is 0 Å². The maximum Gasteiger partial charge on any atom is 0.336 e. The van der Waals surface area contributed by atoms with Gasteiger partial charge in [-0.05, 0) is 11.1 Å². The summed E-state index contributed by atoms with van der Waals surface area (Å²) in [7, 11) is 0.